The maximum atomic E-state index is 12.3. The second-order valence-corrected chi connectivity index (χ2v) is 6.62. The summed E-state index contributed by atoms with van der Waals surface area (Å²) in [6.45, 7) is 3.81. The number of rotatable bonds is 5. The van der Waals surface area contributed by atoms with Crippen LogP contribution in [0.2, 0.25) is 0 Å². The number of hydrogen-bond acceptors (Lipinski definition) is 5. The molecular weight excluding hydrogens is 320 g/mol. The molecule has 2 fully saturated rings. The minimum Gasteiger partial charge on any atom is -0.378 e. The molecular formula is C18H26N4O3. The molecule has 2 heterocycles. The van der Waals surface area contributed by atoms with Crippen LogP contribution in [-0.4, -0.2) is 50.7 Å². The Morgan fingerprint density at radius 2 is 2.08 bits per heavy atom. The van der Waals surface area contributed by atoms with Crippen molar-refractivity contribution < 1.29 is 14.3 Å². The number of nitrogens with zero attached hydrogens (tertiary/aromatic N) is 1. The van der Waals surface area contributed by atoms with Crippen LogP contribution in [0.25, 0.3) is 0 Å². The highest BCUT2D eigenvalue weighted by molar-refractivity contribution is 6.00. The summed E-state index contributed by atoms with van der Waals surface area (Å²) in [6.07, 6.45) is 3.76. The smallest absolute Gasteiger partial charge is 0.250 e. The zero-order valence-corrected chi connectivity index (χ0v) is 14.4. The number of benzene rings is 1. The first-order valence-corrected chi connectivity index (χ1v) is 8.93. The van der Waals surface area contributed by atoms with Crippen molar-refractivity contribution in [3.05, 3.63) is 23.8 Å². The van der Waals surface area contributed by atoms with E-state index >= 15 is 0 Å². The molecule has 1 aromatic carbocycles. The molecule has 1 unspecified atom stereocenters. The third-order valence-corrected chi connectivity index (χ3v) is 4.67. The van der Waals surface area contributed by atoms with Gasteiger partial charge in [-0.3, -0.25) is 9.59 Å². The molecule has 0 saturated carbocycles. The first-order valence-electron chi connectivity index (χ1n) is 8.93. The molecule has 3 rings (SSSR count). The molecule has 25 heavy (non-hydrogen) atoms. The average Bonchev–Trinajstić information content (AvgIpc) is 2.63. The maximum absolute atomic E-state index is 12.3. The number of nitrogens with one attached hydrogen (secondary N) is 2. The fourth-order valence-corrected chi connectivity index (χ4v) is 3.40. The number of piperidine rings is 1. The first kappa shape index (κ1) is 17.7. The van der Waals surface area contributed by atoms with Gasteiger partial charge in [-0.25, -0.2) is 0 Å². The van der Waals surface area contributed by atoms with Gasteiger partial charge in [-0.05, 0) is 37.5 Å². The number of morpholine rings is 1. The average molecular weight is 346 g/mol. The van der Waals surface area contributed by atoms with Gasteiger partial charge in [0.15, 0.2) is 0 Å². The van der Waals surface area contributed by atoms with Gasteiger partial charge in [0.25, 0.3) is 5.91 Å². The van der Waals surface area contributed by atoms with E-state index in [1.807, 2.05) is 6.07 Å². The molecule has 0 bridgehead atoms. The molecule has 2 aliphatic heterocycles. The van der Waals surface area contributed by atoms with Gasteiger partial charge in [-0.15, -0.1) is 0 Å². The van der Waals surface area contributed by atoms with Crippen molar-refractivity contribution >= 4 is 23.2 Å². The summed E-state index contributed by atoms with van der Waals surface area (Å²) in [5, 5.41) is 6.19. The normalized spacial score (nSPS) is 21.0. The Morgan fingerprint density at radius 1 is 1.28 bits per heavy atom. The zero-order chi connectivity index (χ0) is 17.6. The third-order valence-electron chi connectivity index (χ3n) is 4.67. The van der Waals surface area contributed by atoms with Gasteiger partial charge >= 0.3 is 0 Å². The number of primary amides is 1. The number of nitrogens with two attached hydrogens (primary N) is 1. The lowest BCUT2D eigenvalue weighted by Crippen LogP contribution is -2.43. The van der Waals surface area contributed by atoms with Gasteiger partial charge in [0.05, 0.1) is 24.5 Å². The number of carbonyl (C=O) groups excluding carboxylic acids is 2. The van der Waals surface area contributed by atoms with Gasteiger partial charge in [-0.1, -0.05) is 0 Å². The van der Waals surface area contributed by atoms with Crippen molar-refractivity contribution in [1.82, 2.24) is 5.32 Å². The molecule has 7 nitrogen and oxygen atoms in total. The minimum absolute atomic E-state index is 0.0419. The summed E-state index contributed by atoms with van der Waals surface area (Å²) in [7, 11) is 0. The number of carbonyl (C=O) groups is 2. The standard InChI is InChI=1S/C18H26N4O3/c19-18(24)15-5-4-13(10-16(15)22-7-2-1-3-8-22)21-17(23)11-14-12-25-9-6-20-14/h4-5,10,14,20H,1-3,6-9,11-12H2,(H2,19,24)(H,21,23). The Balaban J connectivity index is 1.70. The summed E-state index contributed by atoms with van der Waals surface area (Å²) in [5.74, 6) is -0.513. The van der Waals surface area contributed by atoms with Crippen LogP contribution in [0.1, 0.15) is 36.0 Å². The van der Waals surface area contributed by atoms with Crippen molar-refractivity contribution in [3.8, 4) is 0 Å². The lowest BCUT2D eigenvalue weighted by Gasteiger charge is -2.30. The summed E-state index contributed by atoms with van der Waals surface area (Å²) < 4.78 is 5.37. The first-order chi connectivity index (χ1) is 12.1. The molecule has 1 atom stereocenters. The van der Waals surface area contributed by atoms with E-state index in [9.17, 15) is 9.59 Å². The quantitative estimate of drug-likeness (QED) is 0.742. The molecule has 2 amide bonds. The maximum Gasteiger partial charge on any atom is 0.250 e. The zero-order valence-electron chi connectivity index (χ0n) is 14.4. The summed E-state index contributed by atoms with van der Waals surface area (Å²) in [4.78, 5) is 26.2. The fourth-order valence-electron chi connectivity index (χ4n) is 3.40. The molecule has 0 spiro atoms. The molecule has 0 aliphatic carbocycles. The Labute approximate surface area is 147 Å². The lowest BCUT2D eigenvalue weighted by atomic mass is 10.1. The highest BCUT2D eigenvalue weighted by atomic mass is 16.5. The molecule has 0 radical (unpaired) electrons. The largest absolute Gasteiger partial charge is 0.378 e. The van der Waals surface area contributed by atoms with Crippen LogP contribution in [-0.2, 0) is 9.53 Å². The second-order valence-electron chi connectivity index (χ2n) is 6.62. The van der Waals surface area contributed by atoms with Gasteiger partial charge in [0.2, 0.25) is 5.91 Å². The summed E-state index contributed by atoms with van der Waals surface area (Å²) in [6, 6.07) is 5.33. The Hall–Kier alpha value is -2.12. The fraction of sp³-hybridized carbons (Fsp3) is 0.556. The summed E-state index contributed by atoms with van der Waals surface area (Å²) >= 11 is 0. The van der Waals surface area contributed by atoms with Crippen molar-refractivity contribution in [2.24, 2.45) is 5.73 Å². The van der Waals surface area contributed by atoms with Crippen LogP contribution in [0, 0.1) is 0 Å². The SMILES string of the molecule is NC(=O)c1ccc(NC(=O)CC2COCCN2)cc1N1CCCCC1. The molecule has 1 aromatic rings. The van der Waals surface area contributed by atoms with Crippen LogP contribution < -0.4 is 21.3 Å². The Morgan fingerprint density at radius 3 is 2.76 bits per heavy atom. The number of ether oxygens (including phenoxy) is 1. The lowest BCUT2D eigenvalue weighted by molar-refractivity contribution is -0.117. The van der Waals surface area contributed by atoms with E-state index in [4.69, 9.17) is 10.5 Å². The van der Waals surface area contributed by atoms with Gasteiger partial charge in [0.1, 0.15) is 0 Å². The number of amides is 2. The van der Waals surface area contributed by atoms with E-state index in [2.05, 4.69) is 15.5 Å². The van der Waals surface area contributed by atoms with E-state index in [0.29, 0.717) is 30.9 Å². The van der Waals surface area contributed by atoms with Crippen LogP contribution in [0.4, 0.5) is 11.4 Å². The van der Waals surface area contributed by atoms with Crippen LogP contribution in [0.5, 0.6) is 0 Å². The van der Waals surface area contributed by atoms with E-state index in [0.717, 1.165) is 38.2 Å². The van der Waals surface area contributed by atoms with Crippen molar-refractivity contribution in [3.63, 3.8) is 0 Å². The molecule has 7 heteroatoms. The highest BCUT2D eigenvalue weighted by Gasteiger charge is 2.20. The second kappa shape index (κ2) is 8.31. The molecule has 0 aromatic heterocycles. The van der Waals surface area contributed by atoms with E-state index in [-0.39, 0.29) is 11.9 Å². The minimum atomic E-state index is -0.443. The third kappa shape index (κ3) is 4.70. The van der Waals surface area contributed by atoms with E-state index < -0.39 is 5.91 Å². The Kier molecular flexibility index (Phi) is 5.88. The van der Waals surface area contributed by atoms with Gasteiger partial charge < -0.3 is 26.0 Å². The predicted molar refractivity (Wildman–Crippen MR) is 96.9 cm³/mol. The Bertz CT molecular complexity index is 623. The monoisotopic (exact) mass is 346 g/mol. The molecule has 4 N–H and O–H groups in total. The van der Waals surface area contributed by atoms with Gasteiger partial charge in [-0.2, -0.15) is 0 Å². The van der Waals surface area contributed by atoms with Crippen LogP contribution in [0.3, 0.4) is 0 Å². The predicted octanol–water partition coefficient (Wildman–Crippen LogP) is 1.09. The summed E-state index contributed by atoms with van der Waals surface area (Å²) in [5.41, 5.74) is 7.52. The van der Waals surface area contributed by atoms with E-state index in [1.165, 1.54) is 6.42 Å². The van der Waals surface area contributed by atoms with E-state index in [1.54, 1.807) is 12.1 Å². The van der Waals surface area contributed by atoms with Crippen molar-refractivity contribution in [2.45, 2.75) is 31.7 Å². The van der Waals surface area contributed by atoms with Crippen LogP contribution in [0.15, 0.2) is 18.2 Å². The molecule has 2 saturated heterocycles. The molecule has 136 valence electrons. The number of hydrogen-bond donors (Lipinski definition) is 3. The number of anilines is 2. The highest BCUT2D eigenvalue weighted by Crippen LogP contribution is 2.27. The van der Waals surface area contributed by atoms with Crippen LogP contribution >= 0.6 is 0 Å². The van der Waals surface area contributed by atoms with Crippen molar-refractivity contribution in [1.29, 1.82) is 0 Å². The molecule has 2 aliphatic rings. The van der Waals surface area contributed by atoms with Crippen molar-refractivity contribution in [2.75, 3.05) is 43.1 Å². The topological polar surface area (TPSA) is 96.7 Å². The van der Waals surface area contributed by atoms with Gasteiger partial charge in [0, 0.05) is 37.8 Å².